The molecule has 0 unspecified atom stereocenters. The van der Waals surface area contributed by atoms with Gasteiger partial charge >= 0.3 is 6.03 Å². The van der Waals surface area contributed by atoms with E-state index in [9.17, 15) is 13.2 Å². The van der Waals surface area contributed by atoms with Gasteiger partial charge in [-0.25, -0.2) is 13.2 Å². The van der Waals surface area contributed by atoms with Gasteiger partial charge in [0, 0.05) is 37.6 Å². The van der Waals surface area contributed by atoms with Crippen LogP contribution >= 0.6 is 0 Å². The number of carbonyl (C=O) groups is 1. The first-order valence-electron chi connectivity index (χ1n) is 9.48. The summed E-state index contributed by atoms with van der Waals surface area (Å²) in [6.45, 7) is 2.83. The van der Waals surface area contributed by atoms with Crippen molar-refractivity contribution in [2.75, 3.05) is 24.7 Å². The second-order valence-corrected chi connectivity index (χ2v) is 9.55. The second kappa shape index (κ2) is 9.21. The van der Waals surface area contributed by atoms with Crippen molar-refractivity contribution in [3.05, 3.63) is 65.7 Å². The highest BCUT2D eigenvalue weighted by atomic mass is 32.2. The minimum absolute atomic E-state index is 0.0377. The molecular weight excluding hydrogens is 374 g/mol. The first-order valence-corrected chi connectivity index (χ1v) is 11.5. The summed E-state index contributed by atoms with van der Waals surface area (Å²) in [6.07, 6.45) is 3.02. The van der Waals surface area contributed by atoms with Crippen molar-refractivity contribution in [1.29, 1.82) is 0 Å². The van der Waals surface area contributed by atoms with Crippen molar-refractivity contribution in [3.8, 4) is 0 Å². The van der Waals surface area contributed by atoms with Crippen LogP contribution in [0.15, 0.2) is 54.6 Å². The number of urea groups is 1. The van der Waals surface area contributed by atoms with Crippen LogP contribution in [-0.2, 0) is 22.1 Å². The fourth-order valence-corrected chi connectivity index (χ4v) is 4.26. The third-order valence-electron chi connectivity index (χ3n) is 4.79. The molecule has 1 aliphatic rings. The Balaban J connectivity index is 1.45. The molecule has 1 saturated heterocycles. The highest BCUT2D eigenvalue weighted by Crippen LogP contribution is 2.15. The van der Waals surface area contributed by atoms with Gasteiger partial charge < -0.3 is 10.6 Å². The Hall–Kier alpha value is -2.38. The standard InChI is InChI=1S/C21H27N3O3S/c1-28(26,27)16-18-8-5-9-20(14-18)23-21(25)22-19-10-12-24(13-11-19)15-17-6-3-2-4-7-17/h2-9,14,19H,10-13,15-16H2,1H3,(H2,22,23,25). The molecule has 3 rings (SSSR count). The second-order valence-electron chi connectivity index (χ2n) is 7.40. The van der Waals surface area contributed by atoms with Crippen molar-refractivity contribution in [2.45, 2.75) is 31.2 Å². The van der Waals surface area contributed by atoms with Gasteiger partial charge in [0.05, 0.1) is 5.75 Å². The quantitative estimate of drug-likeness (QED) is 0.780. The van der Waals surface area contributed by atoms with Crippen molar-refractivity contribution in [3.63, 3.8) is 0 Å². The normalized spacial score (nSPS) is 15.9. The molecule has 0 aromatic heterocycles. The lowest BCUT2D eigenvalue weighted by Crippen LogP contribution is -2.45. The number of nitrogens with zero attached hydrogens (tertiary/aromatic N) is 1. The summed E-state index contributed by atoms with van der Waals surface area (Å²) in [6, 6.07) is 17.2. The van der Waals surface area contributed by atoms with E-state index in [1.807, 2.05) is 6.07 Å². The molecule has 0 bridgehead atoms. The molecule has 7 heteroatoms. The number of sulfone groups is 1. The predicted molar refractivity (Wildman–Crippen MR) is 112 cm³/mol. The minimum Gasteiger partial charge on any atom is -0.335 e. The Labute approximate surface area is 166 Å². The van der Waals surface area contributed by atoms with E-state index in [4.69, 9.17) is 0 Å². The number of anilines is 1. The van der Waals surface area contributed by atoms with Crippen LogP contribution in [0.4, 0.5) is 10.5 Å². The molecule has 0 atom stereocenters. The van der Waals surface area contributed by atoms with E-state index in [1.54, 1.807) is 24.3 Å². The number of nitrogens with one attached hydrogen (secondary N) is 2. The van der Waals surface area contributed by atoms with Gasteiger partial charge in [-0.05, 0) is 36.1 Å². The van der Waals surface area contributed by atoms with Crippen LogP contribution in [0.5, 0.6) is 0 Å². The molecule has 6 nitrogen and oxygen atoms in total. The van der Waals surface area contributed by atoms with Gasteiger partial charge in [-0.3, -0.25) is 4.90 Å². The van der Waals surface area contributed by atoms with Crippen molar-refractivity contribution < 1.29 is 13.2 Å². The van der Waals surface area contributed by atoms with E-state index in [0.717, 1.165) is 32.5 Å². The maximum atomic E-state index is 12.3. The van der Waals surface area contributed by atoms with E-state index in [0.29, 0.717) is 11.3 Å². The van der Waals surface area contributed by atoms with Crippen LogP contribution in [0, 0.1) is 0 Å². The van der Waals surface area contributed by atoms with Crippen LogP contribution in [-0.4, -0.2) is 44.7 Å². The van der Waals surface area contributed by atoms with Crippen LogP contribution in [0.25, 0.3) is 0 Å². The van der Waals surface area contributed by atoms with Gasteiger partial charge in [0.2, 0.25) is 0 Å². The zero-order chi connectivity index (χ0) is 20.0. The topological polar surface area (TPSA) is 78.5 Å². The van der Waals surface area contributed by atoms with Gasteiger partial charge in [-0.15, -0.1) is 0 Å². The average molecular weight is 402 g/mol. The lowest BCUT2D eigenvalue weighted by Gasteiger charge is -2.32. The largest absolute Gasteiger partial charge is 0.335 e. The van der Waals surface area contributed by atoms with Gasteiger partial charge in [0.15, 0.2) is 9.84 Å². The molecular formula is C21H27N3O3S. The Morgan fingerprint density at radius 2 is 1.71 bits per heavy atom. The highest BCUT2D eigenvalue weighted by Gasteiger charge is 2.20. The third kappa shape index (κ3) is 6.65. The molecule has 2 amide bonds. The smallest absolute Gasteiger partial charge is 0.319 e. The third-order valence-corrected chi connectivity index (χ3v) is 5.64. The fraction of sp³-hybridized carbons (Fsp3) is 0.381. The van der Waals surface area contributed by atoms with Crippen molar-refractivity contribution in [1.82, 2.24) is 10.2 Å². The van der Waals surface area contributed by atoms with Gasteiger partial charge in [0.25, 0.3) is 0 Å². The average Bonchev–Trinajstić information content (AvgIpc) is 2.63. The molecule has 0 saturated carbocycles. The predicted octanol–water partition coefficient (Wildman–Crippen LogP) is 3.02. The molecule has 2 aromatic carbocycles. The molecule has 150 valence electrons. The number of carbonyl (C=O) groups excluding carboxylic acids is 1. The molecule has 2 N–H and O–H groups in total. The summed E-state index contributed by atoms with van der Waals surface area (Å²) < 4.78 is 22.9. The molecule has 2 aromatic rings. The van der Waals surface area contributed by atoms with Crippen molar-refractivity contribution >= 4 is 21.6 Å². The zero-order valence-corrected chi connectivity index (χ0v) is 16.9. The monoisotopic (exact) mass is 401 g/mol. The molecule has 0 aliphatic carbocycles. The van der Waals surface area contributed by atoms with E-state index >= 15 is 0 Å². The van der Waals surface area contributed by atoms with Gasteiger partial charge in [-0.1, -0.05) is 42.5 Å². The molecule has 0 radical (unpaired) electrons. The zero-order valence-electron chi connectivity index (χ0n) is 16.1. The summed E-state index contributed by atoms with van der Waals surface area (Å²) in [7, 11) is -3.11. The number of likely N-dealkylation sites (tertiary alicyclic amines) is 1. The number of piperidine rings is 1. The molecule has 1 fully saturated rings. The van der Waals surface area contributed by atoms with E-state index in [-0.39, 0.29) is 17.8 Å². The number of benzene rings is 2. The lowest BCUT2D eigenvalue weighted by molar-refractivity contribution is 0.190. The highest BCUT2D eigenvalue weighted by molar-refractivity contribution is 7.89. The number of hydrogen-bond acceptors (Lipinski definition) is 4. The summed E-state index contributed by atoms with van der Waals surface area (Å²) in [5.74, 6) is -0.0377. The van der Waals surface area contributed by atoms with Gasteiger partial charge in [-0.2, -0.15) is 0 Å². The summed E-state index contributed by atoms with van der Waals surface area (Å²) >= 11 is 0. The molecule has 1 aliphatic heterocycles. The fourth-order valence-electron chi connectivity index (χ4n) is 3.47. The van der Waals surface area contributed by atoms with Crippen LogP contribution in [0.1, 0.15) is 24.0 Å². The Morgan fingerprint density at radius 3 is 2.39 bits per heavy atom. The van der Waals surface area contributed by atoms with Crippen LogP contribution < -0.4 is 10.6 Å². The maximum absolute atomic E-state index is 12.3. The van der Waals surface area contributed by atoms with Gasteiger partial charge in [0.1, 0.15) is 0 Å². The van der Waals surface area contributed by atoms with E-state index in [1.165, 1.54) is 11.8 Å². The first-order chi connectivity index (χ1) is 13.4. The SMILES string of the molecule is CS(=O)(=O)Cc1cccc(NC(=O)NC2CCN(Cc3ccccc3)CC2)c1. The van der Waals surface area contributed by atoms with E-state index < -0.39 is 9.84 Å². The molecule has 0 spiro atoms. The number of amides is 2. The molecule has 28 heavy (non-hydrogen) atoms. The maximum Gasteiger partial charge on any atom is 0.319 e. The Kier molecular flexibility index (Phi) is 6.70. The summed E-state index contributed by atoms with van der Waals surface area (Å²) in [5.41, 5.74) is 2.57. The summed E-state index contributed by atoms with van der Waals surface area (Å²) in [4.78, 5) is 14.7. The minimum atomic E-state index is -3.11. The van der Waals surface area contributed by atoms with Crippen molar-refractivity contribution in [2.24, 2.45) is 0 Å². The van der Waals surface area contributed by atoms with E-state index in [2.05, 4.69) is 39.8 Å². The molecule has 1 heterocycles. The number of hydrogen-bond donors (Lipinski definition) is 2. The van der Waals surface area contributed by atoms with Crippen LogP contribution in [0.3, 0.4) is 0 Å². The Bertz CT molecular complexity index is 892. The Morgan fingerprint density at radius 1 is 1.04 bits per heavy atom. The number of rotatable bonds is 6. The first kappa shape index (κ1) is 20.4. The lowest BCUT2D eigenvalue weighted by atomic mass is 10.0. The summed E-state index contributed by atoms with van der Waals surface area (Å²) in [5, 5.41) is 5.83. The van der Waals surface area contributed by atoms with Crippen LogP contribution in [0.2, 0.25) is 0 Å².